The summed E-state index contributed by atoms with van der Waals surface area (Å²) in [6, 6.07) is 25.0. The van der Waals surface area contributed by atoms with E-state index in [4.69, 9.17) is 86.1 Å². The number of aliphatic hydroxyl groups excluding tert-OH is 1. The minimum atomic E-state index is -1.16. The molecule has 1 amide bonds. The predicted octanol–water partition coefficient (Wildman–Crippen LogP) is 24.0. The van der Waals surface area contributed by atoms with Crippen molar-refractivity contribution in [3.8, 4) is 17.6 Å². The van der Waals surface area contributed by atoms with Gasteiger partial charge in [0.05, 0.1) is 38.9 Å². The van der Waals surface area contributed by atoms with E-state index in [0.29, 0.717) is 168 Å². The van der Waals surface area contributed by atoms with Crippen LogP contribution in [0.3, 0.4) is 0 Å². The molecule has 0 aliphatic carbocycles. The van der Waals surface area contributed by atoms with Gasteiger partial charge in [0.25, 0.3) is 0 Å². The van der Waals surface area contributed by atoms with Crippen LogP contribution in [0.25, 0.3) is 55.2 Å². The molecule has 133 heavy (non-hydrogen) atoms. The topological polar surface area (TPSA) is 289 Å². The van der Waals surface area contributed by atoms with Crippen molar-refractivity contribution < 1.29 is 89.7 Å². The molecule has 0 aromatic carbocycles. The summed E-state index contributed by atoms with van der Waals surface area (Å²) in [5.41, 5.74) is 4.54. The summed E-state index contributed by atoms with van der Waals surface area (Å²) in [4.78, 5) is 34.4. The Balaban J connectivity index is 0.000000253. The van der Waals surface area contributed by atoms with Gasteiger partial charge in [-0.25, -0.2) is 14.8 Å². The van der Waals surface area contributed by atoms with Crippen molar-refractivity contribution in [2.24, 2.45) is 0 Å². The molecule has 29 nitrogen and oxygen atoms in total. The molecule has 0 saturated carbocycles. The van der Waals surface area contributed by atoms with Crippen molar-refractivity contribution >= 4 is 161 Å². The van der Waals surface area contributed by atoms with Crippen molar-refractivity contribution in [3.63, 3.8) is 0 Å². The number of fused-ring (bicyclic) bond motifs is 6. The number of amides is 1. The van der Waals surface area contributed by atoms with Gasteiger partial charge in [-0.05, 0) is 207 Å². The SMILES string of the molecule is CCOC(CCO)OCC.CCOC(CCOc1nc2c(ccn2COCC[Si](C)(C)C)cc1Br)OCC.CCOC(CCOc1nc2c(ccn2COCC[Si](C)(C)C)cc1NC(=O)OC(C)(C)C)OCC.C[Si](C)(C)CCOCn1ccc2cc(Br)c(F)nc21.C[Si](C)(C)CCOCn1ccc2cc(Br)c(F)nc21.C[Si](C)(C)CCOCn1ccc2cc3c(nc21)OCCCN3. The third-order valence-electron chi connectivity index (χ3n) is 19.7. The summed E-state index contributed by atoms with van der Waals surface area (Å²) in [6.45, 7) is 64.2. The minimum Gasteiger partial charge on any atom is -0.477 e. The Morgan fingerprint density at radius 2 is 0.752 bits per heavy atom. The molecule has 746 valence electrons. The first-order valence-corrected chi connectivity index (χ1v) is 67.4. The number of hydrogen-bond acceptors (Lipinski definition) is 23. The van der Waals surface area contributed by atoms with E-state index in [9.17, 15) is 13.6 Å². The lowest BCUT2D eigenvalue weighted by Gasteiger charge is -2.21. The van der Waals surface area contributed by atoms with Crippen LogP contribution in [0.4, 0.5) is 25.0 Å². The third-order valence-corrected chi connectivity index (χ3v) is 29.9. The Hall–Kier alpha value is -6.18. The van der Waals surface area contributed by atoms with Crippen LogP contribution in [0.5, 0.6) is 17.6 Å². The maximum absolute atomic E-state index is 13.4. The van der Waals surface area contributed by atoms with Crippen molar-refractivity contribution in [3.05, 3.63) is 117 Å². The number of carbonyl (C=O) groups is 1. The molecule has 1 aliphatic rings. The van der Waals surface area contributed by atoms with Gasteiger partial charge in [0.2, 0.25) is 29.5 Å². The van der Waals surface area contributed by atoms with Gasteiger partial charge in [-0.1, -0.05) is 98.2 Å². The van der Waals surface area contributed by atoms with Crippen LogP contribution < -0.4 is 24.8 Å². The van der Waals surface area contributed by atoms with E-state index in [0.717, 1.165) is 112 Å². The Morgan fingerprint density at radius 1 is 0.444 bits per heavy atom. The molecular weight excluding hydrogens is 1990 g/mol. The summed E-state index contributed by atoms with van der Waals surface area (Å²) in [5, 5.41) is 19.5. The Morgan fingerprint density at radius 3 is 1.09 bits per heavy atom. The number of halogens is 5. The van der Waals surface area contributed by atoms with Gasteiger partial charge in [-0.3, -0.25) is 5.32 Å². The first kappa shape index (κ1) is 116. The Bertz CT molecular complexity index is 4920. The van der Waals surface area contributed by atoms with Gasteiger partial charge in [-0.2, -0.15) is 23.7 Å². The van der Waals surface area contributed by atoms with Crippen LogP contribution >= 0.6 is 47.8 Å². The largest absolute Gasteiger partial charge is 0.477 e. The average Bonchev–Trinajstić information content (AvgIpc) is 1.67. The molecule has 10 aromatic heterocycles. The fraction of sp³-hybridized carbons (Fsp3) is 0.617. The smallest absolute Gasteiger partial charge is 0.412 e. The summed E-state index contributed by atoms with van der Waals surface area (Å²) in [7, 11) is -5.41. The molecule has 0 unspecified atom stereocenters. The number of carbonyl (C=O) groups excluding carboxylic acids is 1. The zero-order valence-corrected chi connectivity index (χ0v) is 93.2. The lowest BCUT2D eigenvalue weighted by atomic mass is 10.2. The standard InChI is InChI=1S/C25H43N3O6Si.C20H33BrN2O4Si.C16H25N3O2Si.2C13H18BrFN2OSi.C7H16O3/c1-9-31-21(32-10-2)12-14-33-23-20(26-24(29)34-25(3,4)5)17-19-11-13-28(22(19)27-23)18-30-15-16-35(6,7)8;1-6-25-18(26-7-2)9-11-27-20-17(21)14-16-8-10-23(19(16)22-20)15-24-12-13-28(3,4)5;1-22(2,3)10-9-20-12-19-7-5-13-11-14-16(18-15(13)19)21-8-4-6-17-14;2*1-19(2,3)7-6-18-9-17-5-4-10-8-11(14)12(15)16-13(10)17;1-3-9-7(5-6-8)10-4-2/h11,13,17,21H,9-10,12,14-16,18H2,1-8H3,(H,26,29);8,10,14,18H,6-7,9,11-13,15H2,1-5H3;5,7,11,17H,4,6,8-10,12H2,1-3H3;2*4-5,8H,6-7,9H2,1-3H3;7-8H,3-6H2,1-2H3. The van der Waals surface area contributed by atoms with E-state index in [1.807, 2.05) is 153 Å². The predicted molar refractivity (Wildman–Crippen MR) is 554 cm³/mol. The quantitative estimate of drug-likeness (QED) is 0.0138. The highest BCUT2D eigenvalue weighted by atomic mass is 79.9. The van der Waals surface area contributed by atoms with Crippen molar-refractivity contribution in [1.29, 1.82) is 0 Å². The summed E-state index contributed by atoms with van der Waals surface area (Å²) in [6.07, 6.45) is 11.0. The van der Waals surface area contributed by atoms with Crippen LogP contribution in [0, 0.1) is 11.9 Å². The number of rotatable bonds is 48. The molecule has 0 saturated heterocycles. The highest BCUT2D eigenvalue weighted by molar-refractivity contribution is 9.11. The van der Waals surface area contributed by atoms with Crippen molar-refractivity contribution in [2.45, 2.75) is 275 Å². The molecular formula is C94H153Br3F2N12O17Si5. The third kappa shape index (κ3) is 44.2. The van der Waals surface area contributed by atoms with Gasteiger partial charge < -0.3 is 104 Å². The summed E-state index contributed by atoms with van der Waals surface area (Å²) in [5.74, 6) is 0.592. The molecule has 0 radical (unpaired) electrons. The molecule has 1 aliphatic heterocycles. The molecule has 0 bridgehead atoms. The van der Waals surface area contributed by atoms with E-state index in [1.165, 1.54) is 6.04 Å². The zero-order chi connectivity index (χ0) is 98.1. The van der Waals surface area contributed by atoms with Crippen molar-refractivity contribution in [1.82, 2.24) is 47.8 Å². The number of anilines is 2. The van der Waals surface area contributed by atoms with Crippen LogP contribution in [0.15, 0.2) is 105 Å². The highest BCUT2D eigenvalue weighted by Gasteiger charge is 2.25. The number of aliphatic hydroxyl groups is 1. The molecule has 10 aromatic rings. The van der Waals surface area contributed by atoms with E-state index in [-0.39, 0.29) is 25.5 Å². The van der Waals surface area contributed by atoms with Gasteiger partial charge in [0.15, 0.2) is 18.9 Å². The maximum atomic E-state index is 13.4. The van der Waals surface area contributed by atoms with Gasteiger partial charge in [0.1, 0.15) is 73.2 Å². The van der Waals surface area contributed by atoms with Crippen LogP contribution in [-0.2, 0) is 90.5 Å². The van der Waals surface area contributed by atoms with Gasteiger partial charge in [-0.15, -0.1) is 0 Å². The second-order valence-corrected chi connectivity index (χ2v) is 69.4. The monoisotopic (exact) mass is 2140 g/mol. The summed E-state index contributed by atoms with van der Waals surface area (Å²) >= 11 is 9.83. The van der Waals surface area contributed by atoms with Gasteiger partial charge in [0, 0.05) is 203 Å². The molecule has 3 N–H and O–H groups in total. The summed E-state index contributed by atoms with van der Waals surface area (Å²) < 4.78 is 123. The van der Waals surface area contributed by atoms with Gasteiger partial charge >= 0.3 is 6.09 Å². The number of hydrogen-bond donors (Lipinski definition) is 3. The lowest BCUT2D eigenvalue weighted by molar-refractivity contribution is -0.144. The molecule has 0 spiro atoms. The van der Waals surface area contributed by atoms with Crippen LogP contribution in [-0.4, -0.2) is 229 Å². The van der Waals surface area contributed by atoms with E-state index in [2.05, 4.69) is 184 Å². The molecule has 11 heterocycles. The van der Waals surface area contributed by atoms with Crippen molar-refractivity contribution in [2.75, 3.05) is 116 Å². The Labute approximate surface area is 817 Å². The second-order valence-electron chi connectivity index (χ2n) is 38.8. The number of nitrogens with one attached hydrogen (secondary N) is 2. The lowest BCUT2D eigenvalue weighted by Crippen LogP contribution is -2.27. The first-order chi connectivity index (χ1) is 62.9. The molecule has 11 rings (SSSR count). The molecule has 39 heteroatoms. The number of pyridine rings is 5. The van der Waals surface area contributed by atoms with E-state index >= 15 is 0 Å². The van der Waals surface area contributed by atoms with E-state index < -0.39 is 64.0 Å². The highest BCUT2D eigenvalue weighted by Crippen LogP contribution is 2.34. The zero-order valence-electron chi connectivity index (χ0n) is 83.4. The normalized spacial score (nSPS) is 12.6. The number of ether oxygens (including phenoxy) is 15. The number of aromatic nitrogens is 10. The second kappa shape index (κ2) is 58.0. The Kier molecular flexibility index (Phi) is 50.4. The fourth-order valence-electron chi connectivity index (χ4n) is 12.4. The fourth-order valence-corrected chi connectivity index (χ4v) is 17.3. The molecule has 0 atom stereocenters. The first-order valence-electron chi connectivity index (χ1n) is 46.4. The van der Waals surface area contributed by atoms with Crippen LogP contribution in [0.1, 0.15) is 88.0 Å². The minimum absolute atomic E-state index is 0.116. The number of nitrogens with zero attached hydrogens (tertiary/aromatic N) is 10. The maximum Gasteiger partial charge on any atom is 0.412 e. The molecule has 0 fully saturated rings. The average molecular weight is 2140 g/mol. The van der Waals surface area contributed by atoms with Crippen LogP contribution in [0.2, 0.25) is 128 Å². The van der Waals surface area contributed by atoms with E-state index in [1.54, 1.807) is 12.1 Å².